The number of hydrogen-bond donors (Lipinski definition) is 4. The maximum absolute atomic E-state index is 14.0. The van der Waals surface area contributed by atoms with E-state index in [1.807, 2.05) is 12.1 Å². The van der Waals surface area contributed by atoms with Crippen molar-refractivity contribution >= 4 is 41.7 Å². The highest BCUT2D eigenvalue weighted by Gasteiger charge is 2.47. The number of nitrogens with zero attached hydrogens (tertiary/aromatic N) is 6. The number of hydrogen-bond acceptors (Lipinski definition) is 8. The minimum Gasteiger partial charge on any atom is -0.483 e. The number of anilines is 2. The Morgan fingerprint density at radius 2 is 1.00 bits per heavy atom. The molecular weight excluding hydrogens is 901 g/mol. The molecule has 0 unspecified atom stereocenters. The van der Waals surface area contributed by atoms with E-state index in [0.29, 0.717) is 48.2 Å². The summed E-state index contributed by atoms with van der Waals surface area (Å²) in [7, 11) is 0. The van der Waals surface area contributed by atoms with E-state index in [1.54, 1.807) is 24.3 Å². The smallest absolute Gasteiger partial charge is 0.416 e. The highest BCUT2D eigenvalue weighted by molar-refractivity contribution is 6.08. The van der Waals surface area contributed by atoms with Crippen LogP contribution in [-0.4, -0.2) is 84.5 Å². The number of amides is 6. The maximum atomic E-state index is 14.0. The molecular formula is C47H39F6N9O6. The minimum atomic E-state index is -4.68. The third-order valence-electron chi connectivity index (χ3n) is 11.6. The van der Waals surface area contributed by atoms with Gasteiger partial charge in [-0.3, -0.25) is 24.2 Å². The molecule has 6 amide bonds. The molecule has 0 saturated heterocycles. The van der Waals surface area contributed by atoms with E-state index in [4.69, 9.17) is 9.90 Å². The quantitative estimate of drug-likeness (QED) is 0.0657. The van der Waals surface area contributed by atoms with Gasteiger partial charge in [0.1, 0.15) is 0 Å². The Bertz CT molecular complexity index is 2600. The van der Waals surface area contributed by atoms with Gasteiger partial charge in [-0.25, -0.2) is 9.59 Å². The molecule has 0 fully saturated rings. The molecule has 350 valence electrons. The van der Waals surface area contributed by atoms with E-state index in [0.717, 1.165) is 34.1 Å². The molecule has 0 aromatic heterocycles. The van der Waals surface area contributed by atoms with Crippen molar-refractivity contribution in [3.63, 3.8) is 0 Å². The number of benzene rings is 4. The molecule has 4 heterocycles. The molecule has 4 aromatic rings. The van der Waals surface area contributed by atoms with Crippen molar-refractivity contribution in [1.29, 1.82) is 10.5 Å². The van der Waals surface area contributed by atoms with Crippen LogP contribution in [0.2, 0.25) is 0 Å². The van der Waals surface area contributed by atoms with Crippen molar-refractivity contribution < 1.29 is 55.4 Å². The first-order valence-electron chi connectivity index (χ1n) is 20.9. The molecule has 0 aliphatic carbocycles. The third-order valence-corrected chi connectivity index (χ3v) is 11.6. The van der Waals surface area contributed by atoms with E-state index in [1.165, 1.54) is 58.3 Å². The molecule has 0 bridgehead atoms. The average Bonchev–Trinajstić information content (AvgIpc) is 3.82. The van der Waals surface area contributed by atoms with E-state index >= 15 is 0 Å². The van der Waals surface area contributed by atoms with Crippen molar-refractivity contribution in [2.45, 2.75) is 37.3 Å². The van der Waals surface area contributed by atoms with Crippen LogP contribution >= 0.6 is 0 Å². The van der Waals surface area contributed by atoms with Gasteiger partial charge in [0.15, 0.2) is 0 Å². The number of urea groups is 2. The second-order valence-corrected chi connectivity index (χ2v) is 15.7. The Balaban J connectivity index is 0.00000222. The molecule has 4 aliphatic heterocycles. The minimum absolute atomic E-state index is 0.0578. The fourth-order valence-corrected chi connectivity index (χ4v) is 8.46. The first-order valence-corrected chi connectivity index (χ1v) is 20.9. The van der Waals surface area contributed by atoms with Crippen LogP contribution in [-0.2, 0) is 26.7 Å². The van der Waals surface area contributed by atoms with Gasteiger partial charge in [0.25, 0.3) is 18.3 Å². The number of halogens is 6. The van der Waals surface area contributed by atoms with Crippen LogP contribution < -0.4 is 25.8 Å². The standard InChI is InChI=1S/C46H37F6N9O4.CH2O2/c47-45(48,49)31-5-1-7-33(21-31)60-35-25-58(41(62)37(35)39(56-43(60)64)29-13-9-27(23-53)10-14-29)19-3-17-55-18-4-20-59-26-36-38(42(59)63)40(30-15-11-28(24-54)12-16-30)57-44(65)61(36)34-8-2-6-32(22-34)46(50,51)52;2-1-3/h1-2,5-16,21-22,39-40,55H,3-4,17-20,25-26H2,(H,56,64)(H,57,65);1H,(H,2,3)/t39-,40-;/m1./s1. The molecule has 0 radical (unpaired) electrons. The van der Waals surface area contributed by atoms with E-state index in [2.05, 4.69) is 16.0 Å². The van der Waals surface area contributed by atoms with Gasteiger partial charge in [0.2, 0.25) is 0 Å². The molecule has 4 aromatic carbocycles. The van der Waals surface area contributed by atoms with Crippen LogP contribution in [0, 0.1) is 22.7 Å². The number of carboxylic acid groups (broad SMARTS) is 1. The number of carbonyl (C=O) groups excluding carboxylic acids is 4. The summed E-state index contributed by atoms with van der Waals surface area (Å²) in [6, 6.07) is 21.8. The lowest BCUT2D eigenvalue weighted by Crippen LogP contribution is -2.47. The third kappa shape index (κ3) is 9.83. The highest BCUT2D eigenvalue weighted by Crippen LogP contribution is 2.42. The largest absolute Gasteiger partial charge is 0.483 e. The zero-order valence-electron chi connectivity index (χ0n) is 35.6. The summed E-state index contributed by atoms with van der Waals surface area (Å²) in [5, 5.41) is 34.3. The topological polar surface area (TPSA) is 202 Å². The SMILES string of the molecule is N#Cc1ccc([C@H]2NC(=O)N(c3cccc(C(F)(F)F)c3)C3=C2C(=O)N(CCCNCCCN2CC4=C(C2=O)[C@@H](c2ccc(C#N)cc2)NC(=O)N4c2cccc(C(F)(F)F)c2)C3)cc1.O=CO. The molecule has 4 aliphatic rings. The maximum Gasteiger partial charge on any atom is 0.416 e. The number of alkyl halides is 6. The van der Waals surface area contributed by atoms with Gasteiger partial charge >= 0.3 is 24.4 Å². The van der Waals surface area contributed by atoms with Crippen LogP contribution in [0.15, 0.2) is 120 Å². The Morgan fingerprint density at radius 3 is 1.34 bits per heavy atom. The Labute approximate surface area is 384 Å². The summed E-state index contributed by atoms with van der Waals surface area (Å²) >= 11 is 0. The second-order valence-electron chi connectivity index (χ2n) is 15.7. The average molecular weight is 940 g/mol. The van der Waals surface area contributed by atoms with E-state index < -0.39 is 59.4 Å². The summed E-state index contributed by atoms with van der Waals surface area (Å²) in [5.41, 5.74) is 0.511. The van der Waals surface area contributed by atoms with Crippen molar-refractivity contribution in [1.82, 2.24) is 25.8 Å². The van der Waals surface area contributed by atoms with Crippen LogP contribution in [0.3, 0.4) is 0 Å². The molecule has 68 heavy (non-hydrogen) atoms. The van der Waals surface area contributed by atoms with Gasteiger partial charge < -0.3 is 30.9 Å². The number of nitriles is 2. The predicted molar refractivity (Wildman–Crippen MR) is 231 cm³/mol. The lowest BCUT2D eigenvalue weighted by Gasteiger charge is -2.34. The second kappa shape index (κ2) is 19.7. The fourth-order valence-electron chi connectivity index (χ4n) is 8.46. The molecule has 2 atom stereocenters. The highest BCUT2D eigenvalue weighted by atomic mass is 19.4. The molecule has 15 nitrogen and oxygen atoms in total. The first-order chi connectivity index (χ1) is 32.5. The number of carbonyl (C=O) groups is 5. The fraction of sp³-hybridized carbons (Fsp3) is 0.255. The van der Waals surface area contributed by atoms with Gasteiger partial charge in [-0.05, 0) is 97.7 Å². The zero-order valence-corrected chi connectivity index (χ0v) is 35.6. The van der Waals surface area contributed by atoms with Gasteiger partial charge in [-0.2, -0.15) is 36.9 Å². The van der Waals surface area contributed by atoms with Crippen molar-refractivity contribution in [3.8, 4) is 12.1 Å². The normalized spacial score (nSPS) is 18.1. The van der Waals surface area contributed by atoms with Crippen molar-refractivity contribution in [2.75, 3.05) is 49.1 Å². The Hall–Kier alpha value is -8.17. The van der Waals surface area contributed by atoms with Crippen molar-refractivity contribution in [2.24, 2.45) is 0 Å². The molecule has 0 saturated carbocycles. The number of nitrogens with one attached hydrogen (secondary N) is 3. The Morgan fingerprint density at radius 1 is 0.632 bits per heavy atom. The van der Waals surface area contributed by atoms with Gasteiger partial charge in [0.05, 0.1) is 93.5 Å². The first kappa shape index (κ1) is 47.8. The van der Waals surface area contributed by atoms with Crippen LogP contribution in [0.5, 0.6) is 0 Å². The molecule has 0 spiro atoms. The van der Waals surface area contributed by atoms with E-state index in [-0.39, 0.29) is 66.6 Å². The lowest BCUT2D eigenvalue weighted by molar-refractivity contribution is -0.138. The Kier molecular flexibility index (Phi) is 13.9. The van der Waals surface area contributed by atoms with E-state index in [9.17, 15) is 56.0 Å². The van der Waals surface area contributed by atoms with Crippen molar-refractivity contribution in [3.05, 3.63) is 153 Å². The molecule has 8 rings (SSSR count). The lowest BCUT2D eigenvalue weighted by atomic mass is 9.94. The van der Waals surface area contributed by atoms with Gasteiger partial charge in [-0.1, -0.05) is 36.4 Å². The van der Waals surface area contributed by atoms with Gasteiger partial charge in [-0.15, -0.1) is 0 Å². The predicted octanol–water partition coefficient (Wildman–Crippen LogP) is 6.97. The summed E-state index contributed by atoms with van der Waals surface area (Å²) in [6.45, 7) is 0.887. The zero-order chi connectivity index (χ0) is 48.9. The summed E-state index contributed by atoms with van der Waals surface area (Å²) in [5.74, 6) is -0.830. The monoisotopic (exact) mass is 939 g/mol. The number of rotatable bonds is 12. The molecule has 4 N–H and O–H groups in total. The summed E-state index contributed by atoms with van der Waals surface area (Å²) in [4.78, 5) is 68.9. The van der Waals surface area contributed by atoms with Crippen LogP contribution in [0.4, 0.5) is 47.3 Å². The van der Waals surface area contributed by atoms with Crippen LogP contribution in [0.1, 0.15) is 58.3 Å². The van der Waals surface area contributed by atoms with Crippen LogP contribution in [0.25, 0.3) is 0 Å². The van der Waals surface area contributed by atoms with Gasteiger partial charge in [0, 0.05) is 13.1 Å². The molecule has 21 heteroatoms. The summed E-state index contributed by atoms with van der Waals surface area (Å²) in [6.07, 6.45) is -8.49. The summed E-state index contributed by atoms with van der Waals surface area (Å²) < 4.78 is 82.2.